The van der Waals surface area contributed by atoms with Gasteiger partial charge in [0.1, 0.15) is 11.0 Å². The molecule has 0 saturated carbocycles. The number of hydrogen-bond donors (Lipinski definition) is 0. The average Bonchev–Trinajstić information content (AvgIpc) is 2.48. The van der Waals surface area contributed by atoms with Crippen molar-refractivity contribution in [2.24, 2.45) is 0 Å². The fourth-order valence-electron chi connectivity index (χ4n) is 1.41. The van der Waals surface area contributed by atoms with Crippen molar-refractivity contribution < 1.29 is 0 Å². The third kappa shape index (κ3) is 1.77. The lowest BCUT2D eigenvalue weighted by Gasteiger charge is -2.18. The maximum atomic E-state index is 4.32. The quantitative estimate of drug-likeness (QED) is 0.660. The summed E-state index contributed by atoms with van der Waals surface area (Å²) in [7, 11) is 0. The molecule has 0 aliphatic heterocycles. The smallest absolute Gasteiger partial charge is 0.108 e. The van der Waals surface area contributed by atoms with E-state index in [0.29, 0.717) is 0 Å². The van der Waals surface area contributed by atoms with Crippen LogP contribution >= 0.6 is 11.7 Å². The molecule has 14 heavy (non-hydrogen) atoms. The SMILES string of the molecule is C.CC(C)(C)c1cccc2nsnc12. The summed E-state index contributed by atoms with van der Waals surface area (Å²) >= 11 is 1.28. The van der Waals surface area contributed by atoms with E-state index >= 15 is 0 Å². The molecule has 0 radical (unpaired) electrons. The van der Waals surface area contributed by atoms with Crippen LogP contribution in [0.1, 0.15) is 33.8 Å². The van der Waals surface area contributed by atoms with Crippen LogP contribution in [0.15, 0.2) is 18.2 Å². The number of aromatic nitrogens is 2. The minimum atomic E-state index is 0. The van der Waals surface area contributed by atoms with Crippen LogP contribution in [0.2, 0.25) is 0 Å². The molecule has 0 unspecified atom stereocenters. The molecule has 0 aliphatic carbocycles. The Morgan fingerprint density at radius 1 is 1.14 bits per heavy atom. The van der Waals surface area contributed by atoms with E-state index in [2.05, 4.69) is 35.6 Å². The molecule has 0 N–H and O–H groups in total. The number of rotatable bonds is 0. The van der Waals surface area contributed by atoms with E-state index in [9.17, 15) is 0 Å². The maximum absolute atomic E-state index is 4.32. The van der Waals surface area contributed by atoms with Crippen LogP contribution in [-0.2, 0) is 5.41 Å². The molecule has 0 spiro atoms. The Morgan fingerprint density at radius 3 is 2.50 bits per heavy atom. The van der Waals surface area contributed by atoms with Crippen molar-refractivity contribution in [2.45, 2.75) is 33.6 Å². The first-order valence-electron chi connectivity index (χ1n) is 4.31. The van der Waals surface area contributed by atoms with Gasteiger partial charge in [-0.25, -0.2) is 0 Å². The van der Waals surface area contributed by atoms with E-state index in [0.717, 1.165) is 11.0 Å². The molecular formula is C11H16N2S. The van der Waals surface area contributed by atoms with Crippen LogP contribution in [0.4, 0.5) is 0 Å². The highest BCUT2D eigenvalue weighted by Crippen LogP contribution is 2.28. The first-order chi connectivity index (χ1) is 6.09. The molecular weight excluding hydrogens is 192 g/mol. The molecule has 1 aromatic carbocycles. The van der Waals surface area contributed by atoms with Gasteiger partial charge in [-0.3, -0.25) is 0 Å². The maximum Gasteiger partial charge on any atom is 0.108 e. The molecule has 2 nitrogen and oxygen atoms in total. The standard InChI is InChI=1S/C10H12N2S.CH4/c1-10(2,3)7-5-4-6-8-9(7)12-13-11-8;/h4-6H,1-3H3;1H4. The van der Waals surface area contributed by atoms with Gasteiger partial charge in [-0.05, 0) is 17.0 Å². The molecule has 0 saturated heterocycles. The van der Waals surface area contributed by atoms with Gasteiger partial charge in [0.15, 0.2) is 0 Å². The van der Waals surface area contributed by atoms with Crippen molar-refractivity contribution in [1.29, 1.82) is 0 Å². The first kappa shape index (κ1) is 11.1. The Kier molecular flexibility index (Phi) is 2.90. The third-order valence-corrected chi connectivity index (χ3v) is 2.64. The topological polar surface area (TPSA) is 25.8 Å². The minimum Gasteiger partial charge on any atom is -0.173 e. The van der Waals surface area contributed by atoms with Gasteiger partial charge in [0.2, 0.25) is 0 Å². The summed E-state index contributed by atoms with van der Waals surface area (Å²) in [5.41, 5.74) is 3.49. The summed E-state index contributed by atoms with van der Waals surface area (Å²) < 4.78 is 8.54. The van der Waals surface area contributed by atoms with Gasteiger partial charge >= 0.3 is 0 Å². The summed E-state index contributed by atoms with van der Waals surface area (Å²) in [5.74, 6) is 0. The van der Waals surface area contributed by atoms with Gasteiger partial charge in [0.25, 0.3) is 0 Å². The Hall–Kier alpha value is -0.960. The van der Waals surface area contributed by atoms with Crippen LogP contribution in [0.3, 0.4) is 0 Å². The minimum absolute atomic E-state index is 0. The molecule has 1 heterocycles. The lowest BCUT2D eigenvalue weighted by Crippen LogP contribution is -2.11. The Morgan fingerprint density at radius 2 is 1.86 bits per heavy atom. The van der Waals surface area contributed by atoms with Gasteiger partial charge in [-0.2, -0.15) is 8.75 Å². The number of benzene rings is 1. The largest absolute Gasteiger partial charge is 0.173 e. The lowest BCUT2D eigenvalue weighted by atomic mass is 9.86. The van der Waals surface area contributed by atoms with Crippen molar-refractivity contribution in [3.05, 3.63) is 23.8 Å². The molecule has 0 atom stereocenters. The zero-order chi connectivity index (χ0) is 9.47. The van der Waals surface area contributed by atoms with E-state index in [1.54, 1.807) is 0 Å². The second-order valence-electron chi connectivity index (χ2n) is 4.19. The Balaban J connectivity index is 0.000000980. The van der Waals surface area contributed by atoms with Gasteiger partial charge in [0.05, 0.1) is 11.7 Å². The Labute approximate surface area is 89.3 Å². The molecule has 3 heteroatoms. The van der Waals surface area contributed by atoms with Gasteiger partial charge in [0, 0.05) is 0 Å². The molecule has 0 fully saturated rings. The van der Waals surface area contributed by atoms with E-state index < -0.39 is 0 Å². The highest BCUT2D eigenvalue weighted by Gasteiger charge is 2.18. The normalized spacial score (nSPS) is 11.4. The summed E-state index contributed by atoms with van der Waals surface area (Å²) in [4.78, 5) is 0. The number of nitrogens with zero attached hydrogens (tertiary/aromatic N) is 2. The van der Waals surface area contributed by atoms with Crippen molar-refractivity contribution in [2.75, 3.05) is 0 Å². The predicted octanol–water partition coefficient (Wildman–Crippen LogP) is 3.62. The summed E-state index contributed by atoms with van der Waals surface area (Å²) in [5, 5.41) is 0. The van der Waals surface area contributed by atoms with Crippen molar-refractivity contribution in [1.82, 2.24) is 8.75 Å². The highest BCUT2D eigenvalue weighted by atomic mass is 32.1. The zero-order valence-corrected chi connectivity index (χ0v) is 8.85. The molecule has 0 amide bonds. The molecule has 1 aromatic heterocycles. The predicted molar refractivity (Wildman–Crippen MR) is 62.8 cm³/mol. The lowest BCUT2D eigenvalue weighted by molar-refractivity contribution is 0.595. The van der Waals surface area contributed by atoms with Crippen LogP contribution in [-0.4, -0.2) is 8.75 Å². The second-order valence-corrected chi connectivity index (χ2v) is 4.72. The molecule has 76 valence electrons. The van der Waals surface area contributed by atoms with Gasteiger partial charge < -0.3 is 0 Å². The van der Waals surface area contributed by atoms with E-state index in [4.69, 9.17) is 0 Å². The molecule has 2 rings (SSSR count). The van der Waals surface area contributed by atoms with Crippen LogP contribution in [0.5, 0.6) is 0 Å². The number of hydrogen-bond acceptors (Lipinski definition) is 3. The fraction of sp³-hybridized carbons (Fsp3) is 0.455. The molecule has 2 aromatic rings. The van der Waals surface area contributed by atoms with Crippen LogP contribution in [0, 0.1) is 0 Å². The second kappa shape index (κ2) is 3.65. The highest BCUT2D eigenvalue weighted by molar-refractivity contribution is 7.00. The van der Waals surface area contributed by atoms with E-state index in [1.807, 2.05) is 12.1 Å². The van der Waals surface area contributed by atoms with E-state index in [1.165, 1.54) is 17.3 Å². The van der Waals surface area contributed by atoms with E-state index in [-0.39, 0.29) is 12.8 Å². The van der Waals surface area contributed by atoms with Crippen LogP contribution < -0.4 is 0 Å². The van der Waals surface area contributed by atoms with Gasteiger partial charge in [-0.15, -0.1) is 0 Å². The average molecular weight is 208 g/mol. The van der Waals surface area contributed by atoms with Gasteiger partial charge in [-0.1, -0.05) is 40.3 Å². The van der Waals surface area contributed by atoms with Crippen molar-refractivity contribution >= 4 is 22.8 Å². The Bertz CT molecular complexity index is 426. The van der Waals surface area contributed by atoms with Crippen molar-refractivity contribution in [3.8, 4) is 0 Å². The molecule has 0 aliphatic rings. The molecule has 0 bridgehead atoms. The summed E-state index contributed by atoms with van der Waals surface area (Å²) in [6.07, 6.45) is 0. The summed E-state index contributed by atoms with van der Waals surface area (Å²) in [6, 6.07) is 6.18. The fourth-order valence-corrected chi connectivity index (χ4v) is 1.96. The van der Waals surface area contributed by atoms with Crippen molar-refractivity contribution in [3.63, 3.8) is 0 Å². The first-order valence-corrected chi connectivity index (χ1v) is 5.04. The third-order valence-electron chi connectivity index (χ3n) is 2.09. The van der Waals surface area contributed by atoms with Crippen LogP contribution in [0.25, 0.3) is 11.0 Å². The number of fused-ring (bicyclic) bond motifs is 1. The summed E-state index contributed by atoms with van der Waals surface area (Å²) in [6.45, 7) is 6.59. The zero-order valence-electron chi connectivity index (χ0n) is 8.03. The monoisotopic (exact) mass is 208 g/mol.